The highest BCUT2D eigenvalue weighted by atomic mass is 16.3. The molecule has 0 saturated heterocycles. The molecule has 2 atom stereocenters. The number of amides is 2. The van der Waals surface area contributed by atoms with Crippen molar-refractivity contribution in [3.8, 4) is 11.8 Å². The maximum absolute atomic E-state index is 13.2. The van der Waals surface area contributed by atoms with Gasteiger partial charge in [0, 0.05) is 10.9 Å². The van der Waals surface area contributed by atoms with Gasteiger partial charge in [-0.1, -0.05) is 68.4 Å². The number of para-hydroxylation sites is 1. The summed E-state index contributed by atoms with van der Waals surface area (Å²) in [6.45, 7) is 5.03. The summed E-state index contributed by atoms with van der Waals surface area (Å²) in [5.41, 5.74) is 1.75. The summed E-state index contributed by atoms with van der Waals surface area (Å²) in [4.78, 5) is 46.3. The van der Waals surface area contributed by atoms with Gasteiger partial charge in [0.1, 0.15) is 5.69 Å². The van der Waals surface area contributed by atoms with Crippen molar-refractivity contribution in [1.29, 1.82) is 0 Å². The monoisotopic (exact) mass is 514 g/mol. The minimum atomic E-state index is -0.962. The molecular formula is C29H30N4O5. The van der Waals surface area contributed by atoms with Gasteiger partial charge in [0.25, 0.3) is 5.91 Å². The number of hydrogen-bond acceptors (Lipinski definition) is 6. The second-order valence-corrected chi connectivity index (χ2v) is 9.51. The van der Waals surface area contributed by atoms with E-state index in [4.69, 9.17) is 0 Å². The van der Waals surface area contributed by atoms with Crippen molar-refractivity contribution in [1.82, 2.24) is 20.6 Å². The number of Topliss-reactive ketones (excluding diaryl/α,β-unsaturated/α-hetero) is 1. The minimum absolute atomic E-state index is 0.0724. The van der Waals surface area contributed by atoms with Crippen LogP contribution < -0.4 is 10.6 Å². The Labute approximate surface area is 219 Å². The molecule has 0 saturated carbocycles. The van der Waals surface area contributed by atoms with Crippen molar-refractivity contribution in [2.24, 2.45) is 5.92 Å². The molecule has 2 aromatic heterocycles. The van der Waals surface area contributed by atoms with Crippen LogP contribution in [0.2, 0.25) is 0 Å². The van der Waals surface area contributed by atoms with Gasteiger partial charge < -0.3 is 20.8 Å². The Morgan fingerprint density at radius 3 is 2.24 bits per heavy atom. The second kappa shape index (κ2) is 11.2. The number of carbonyl (C=O) groups is 3. The highest BCUT2D eigenvalue weighted by molar-refractivity contribution is 6.05. The number of nitrogens with one attached hydrogen (secondary N) is 3. The third-order valence-corrected chi connectivity index (χ3v) is 6.44. The first-order valence-electron chi connectivity index (χ1n) is 12.3. The molecule has 196 valence electrons. The van der Waals surface area contributed by atoms with Gasteiger partial charge in [0.05, 0.1) is 29.6 Å². The number of hydrogen-bond donors (Lipinski definition) is 5. The van der Waals surface area contributed by atoms with Gasteiger partial charge in [-0.2, -0.15) is 0 Å². The number of pyridine rings is 1. The summed E-state index contributed by atoms with van der Waals surface area (Å²) in [6.07, 6.45) is -0.136. The summed E-state index contributed by atoms with van der Waals surface area (Å²) in [6, 6.07) is 18.3. The highest BCUT2D eigenvalue weighted by Crippen LogP contribution is 2.30. The molecule has 2 amide bonds. The third kappa shape index (κ3) is 5.67. The smallest absolute Gasteiger partial charge is 0.270 e. The van der Waals surface area contributed by atoms with Crippen molar-refractivity contribution in [3.63, 3.8) is 0 Å². The van der Waals surface area contributed by atoms with E-state index in [1.165, 1.54) is 6.92 Å². The Morgan fingerprint density at radius 1 is 0.895 bits per heavy atom. The van der Waals surface area contributed by atoms with Gasteiger partial charge in [-0.3, -0.25) is 19.4 Å². The van der Waals surface area contributed by atoms with Crippen LogP contribution in [0.25, 0.3) is 10.9 Å². The molecule has 0 aliphatic rings. The molecule has 9 heteroatoms. The maximum Gasteiger partial charge on any atom is 0.270 e. The zero-order valence-electron chi connectivity index (χ0n) is 21.4. The van der Waals surface area contributed by atoms with Crippen molar-refractivity contribution < 1.29 is 24.6 Å². The predicted molar refractivity (Wildman–Crippen MR) is 143 cm³/mol. The van der Waals surface area contributed by atoms with Gasteiger partial charge in [-0.05, 0) is 30.5 Å². The summed E-state index contributed by atoms with van der Waals surface area (Å²) >= 11 is 0. The van der Waals surface area contributed by atoms with E-state index < -0.39 is 35.6 Å². The lowest BCUT2D eigenvalue weighted by atomic mass is 9.93. The lowest BCUT2D eigenvalue weighted by Crippen LogP contribution is -2.45. The molecule has 4 aromatic rings. The molecule has 0 radical (unpaired) electrons. The van der Waals surface area contributed by atoms with Crippen molar-refractivity contribution >= 4 is 28.5 Å². The van der Waals surface area contributed by atoms with Crippen molar-refractivity contribution in [3.05, 3.63) is 89.1 Å². The molecule has 38 heavy (non-hydrogen) atoms. The van der Waals surface area contributed by atoms with E-state index in [0.717, 1.165) is 5.39 Å². The Morgan fingerprint density at radius 2 is 1.58 bits per heavy atom. The predicted octanol–water partition coefficient (Wildman–Crippen LogP) is 4.17. The number of rotatable bonds is 9. The van der Waals surface area contributed by atoms with Gasteiger partial charge in [0.2, 0.25) is 11.8 Å². The fourth-order valence-corrected chi connectivity index (χ4v) is 4.34. The Balaban J connectivity index is 1.54. The third-order valence-electron chi connectivity index (χ3n) is 6.44. The van der Waals surface area contributed by atoms with E-state index in [1.54, 1.807) is 32.0 Å². The number of H-pyrrole nitrogens is 1. The fourth-order valence-electron chi connectivity index (χ4n) is 4.34. The molecular weight excluding hydrogens is 484 g/mol. The molecule has 0 spiro atoms. The van der Waals surface area contributed by atoms with Crippen LogP contribution in [0.3, 0.4) is 0 Å². The maximum atomic E-state index is 13.2. The topological polar surface area (TPSA) is 144 Å². The number of benzene rings is 2. The summed E-state index contributed by atoms with van der Waals surface area (Å²) < 4.78 is 0. The van der Waals surface area contributed by atoms with Crippen LogP contribution in [0.1, 0.15) is 58.3 Å². The first-order valence-corrected chi connectivity index (χ1v) is 12.3. The van der Waals surface area contributed by atoms with Gasteiger partial charge in [-0.25, -0.2) is 4.98 Å². The lowest BCUT2D eigenvalue weighted by Gasteiger charge is -2.24. The Kier molecular flexibility index (Phi) is 7.76. The zero-order chi connectivity index (χ0) is 27.4. The second-order valence-electron chi connectivity index (χ2n) is 9.51. The number of fused-ring (bicyclic) bond motifs is 1. The van der Waals surface area contributed by atoms with E-state index in [2.05, 4.69) is 20.6 Å². The number of aromatic hydroxyl groups is 2. The fraction of sp³-hybridized carbons (Fsp3) is 0.241. The van der Waals surface area contributed by atoms with Crippen LogP contribution in [-0.2, 0) is 4.79 Å². The first kappa shape index (κ1) is 26.4. The molecule has 0 fully saturated rings. The number of nitrogens with zero attached hydrogens (tertiary/aromatic N) is 1. The molecule has 0 aliphatic heterocycles. The molecule has 4 rings (SSSR count). The van der Waals surface area contributed by atoms with Crippen molar-refractivity contribution in [2.75, 3.05) is 0 Å². The molecule has 2 aromatic carbocycles. The average molecular weight is 515 g/mol. The standard InChI is InChI=1S/C29H30N4O5/c1-16(2)25(26(35)24-17(3)27(36)33-29(24)38)32-23(34)15-22(18-9-5-4-6-10-18)31-28(37)21-14-13-19-11-7-8-12-20(19)30-21/h4-14,16,22,25,33,36,38H,15H2,1-3H3,(H,31,37)(H,32,34)/t22-,25+/m0/s1. The van der Waals surface area contributed by atoms with Crippen LogP contribution >= 0.6 is 0 Å². The molecule has 2 heterocycles. The zero-order valence-corrected chi connectivity index (χ0v) is 21.4. The molecule has 0 unspecified atom stereocenters. The lowest BCUT2D eigenvalue weighted by molar-refractivity contribution is -0.122. The van der Waals surface area contributed by atoms with Crippen LogP contribution in [0.15, 0.2) is 66.7 Å². The first-order chi connectivity index (χ1) is 18.2. The van der Waals surface area contributed by atoms with E-state index in [0.29, 0.717) is 11.1 Å². The minimum Gasteiger partial charge on any atom is -0.494 e. The summed E-state index contributed by atoms with van der Waals surface area (Å²) in [5, 5.41) is 26.5. The van der Waals surface area contributed by atoms with Crippen LogP contribution in [0.5, 0.6) is 11.8 Å². The Bertz CT molecular complexity index is 1480. The van der Waals surface area contributed by atoms with Gasteiger partial charge in [0.15, 0.2) is 11.7 Å². The van der Waals surface area contributed by atoms with Crippen LogP contribution in [-0.4, -0.2) is 43.8 Å². The molecule has 5 N–H and O–H groups in total. The average Bonchev–Trinajstić information content (AvgIpc) is 3.17. The van der Waals surface area contributed by atoms with Crippen LogP contribution in [0, 0.1) is 12.8 Å². The number of aromatic amines is 1. The number of ketones is 1. The number of aromatic nitrogens is 2. The van der Waals surface area contributed by atoms with E-state index >= 15 is 0 Å². The molecule has 0 aliphatic carbocycles. The summed E-state index contributed by atoms with van der Waals surface area (Å²) in [5.74, 6) is -2.50. The SMILES string of the molecule is Cc1c(O)[nH]c(O)c1C(=O)[C@H](NC(=O)C[C@H](NC(=O)c1ccc2ccccc2n1)c1ccccc1)C(C)C. The van der Waals surface area contributed by atoms with E-state index in [9.17, 15) is 24.6 Å². The van der Waals surface area contributed by atoms with Gasteiger partial charge >= 0.3 is 0 Å². The molecule has 9 nitrogen and oxygen atoms in total. The highest BCUT2D eigenvalue weighted by Gasteiger charge is 2.31. The van der Waals surface area contributed by atoms with E-state index in [1.807, 2.05) is 48.5 Å². The number of carbonyl (C=O) groups excluding carboxylic acids is 3. The normalized spacial score (nSPS) is 12.7. The largest absolute Gasteiger partial charge is 0.494 e. The van der Waals surface area contributed by atoms with Crippen molar-refractivity contribution in [2.45, 2.75) is 39.3 Å². The molecule has 0 bridgehead atoms. The Hall–Kier alpha value is -4.66. The van der Waals surface area contributed by atoms with E-state index in [-0.39, 0.29) is 35.0 Å². The van der Waals surface area contributed by atoms with Crippen LogP contribution in [0.4, 0.5) is 0 Å². The van der Waals surface area contributed by atoms with Gasteiger partial charge in [-0.15, -0.1) is 0 Å². The quantitative estimate of drug-likeness (QED) is 0.212. The summed E-state index contributed by atoms with van der Waals surface area (Å²) in [7, 11) is 0.